The van der Waals surface area contributed by atoms with E-state index in [9.17, 15) is 33.5 Å². The largest absolute Gasteiger partial charge is 0.481 e. The third-order valence-corrected chi connectivity index (χ3v) is 4.99. The molecule has 2 atom stereocenters. The van der Waals surface area contributed by atoms with Gasteiger partial charge in [-0.15, -0.1) is 13.2 Å². The summed E-state index contributed by atoms with van der Waals surface area (Å²) >= 11 is 0. The van der Waals surface area contributed by atoms with Gasteiger partial charge in [-0.2, -0.15) is 0 Å². The van der Waals surface area contributed by atoms with Crippen LogP contribution >= 0.6 is 15.2 Å². The first-order valence-corrected chi connectivity index (χ1v) is 9.14. The Balaban J connectivity index is 5.48. The highest BCUT2D eigenvalue weighted by Gasteiger charge is 2.41. The van der Waals surface area contributed by atoms with Crippen LogP contribution < -0.4 is 0 Å². The van der Waals surface area contributed by atoms with Gasteiger partial charge in [-0.3, -0.25) is 18.8 Å². The molecule has 2 unspecified atom stereocenters. The summed E-state index contributed by atoms with van der Waals surface area (Å²) in [5, 5.41) is 8.57. The second kappa shape index (κ2) is 8.00. The van der Waals surface area contributed by atoms with E-state index in [1.54, 1.807) is 0 Å². The summed E-state index contributed by atoms with van der Waals surface area (Å²) in [5.41, 5.74) is 0. The summed E-state index contributed by atoms with van der Waals surface area (Å²) in [4.78, 5) is 48.4. The Labute approximate surface area is 121 Å². The van der Waals surface area contributed by atoms with Crippen LogP contribution in [-0.4, -0.2) is 53.7 Å². The first kappa shape index (κ1) is 20.2. The smallest absolute Gasteiger partial charge is 0.346 e. The van der Waals surface area contributed by atoms with Crippen LogP contribution in [0, 0.1) is 0 Å². The fourth-order valence-electron chi connectivity index (χ4n) is 1.77. The standard InChI is InChI=1S/C10H19NO8P2/c1-3-8(20(14,15)16)11(7-5-6-10(12)13)9(4-2)21(17,18)19/h3-4,8-9H,1-2,5-7H2,(H,12,13)(H2,14,15,16)(H2,17,18,19). The highest BCUT2D eigenvalue weighted by molar-refractivity contribution is 7.53. The van der Waals surface area contributed by atoms with Gasteiger partial charge in [0.05, 0.1) is 0 Å². The van der Waals surface area contributed by atoms with Gasteiger partial charge in [0.1, 0.15) is 11.6 Å². The molecule has 0 amide bonds. The lowest BCUT2D eigenvalue weighted by Crippen LogP contribution is -2.42. The van der Waals surface area contributed by atoms with Crippen molar-refractivity contribution in [3.05, 3.63) is 25.3 Å². The van der Waals surface area contributed by atoms with E-state index in [-0.39, 0.29) is 19.4 Å². The number of hydrogen-bond donors (Lipinski definition) is 5. The quantitative estimate of drug-likeness (QED) is 0.282. The number of carboxylic acids is 1. The summed E-state index contributed by atoms with van der Waals surface area (Å²) in [6, 6.07) is 0. The van der Waals surface area contributed by atoms with Gasteiger partial charge >= 0.3 is 21.2 Å². The minimum Gasteiger partial charge on any atom is -0.481 e. The second-order valence-electron chi connectivity index (χ2n) is 4.21. The molecule has 11 heteroatoms. The van der Waals surface area contributed by atoms with Gasteiger partial charge in [0.15, 0.2) is 0 Å². The molecular formula is C10H19NO8P2. The molecule has 0 spiro atoms. The zero-order valence-corrected chi connectivity index (χ0v) is 12.9. The van der Waals surface area contributed by atoms with Crippen molar-refractivity contribution >= 4 is 21.2 Å². The van der Waals surface area contributed by atoms with E-state index in [0.717, 1.165) is 17.1 Å². The van der Waals surface area contributed by atoms with E-state index in [0.29, 0.717) is 0 Å². The molecule has 0 aliphatic carbocycles. The lowest BCUT2D eigenvalue weighted by atomic mass is 10.3. The number of nitrogens with zero attached hydrogens (tertiary/aromatic N) is 1. The average molecular weight is 343 g/mol. The fourth-order valence-corrected chi connectivity index (χ4v) is 3.71. The van der Waals surface area contributed by atoms with Crippen molar-refractivity contribution < 1.29 is 38.6 Å². The molecule has 0 radical (unpaired) electrons. The third kappa shape index (κ3) is 6.67. The van der Waals surface area contributed by atoms with Gasteiger partial charge < -0.3 is 24.7 Å². The van der Waals surface area contributed by atoms with E-state index in [2.05, 4.69) is 13.2 Å². The van der Waals surface area contributed by atoms with Crippen LogP contribution in [0.2, 0.25) is 0 Å². The number of carbonyl (C=O) groups is 1. The van der Waals surface area contributed by atoms with Crippen molar-refractivity contribution in [3.8, 4) is 0 Å². The van der Waals surface area contributed by atoms with Crippen molar-refractivity contribution in [2.75, 3.05) is 6.54 Å². The van der Waals surface area contributed by atoms with E-state index in [1.165, 1.54) is 0 Å². The van der Waals surface area contributed by atoms with Crippen LogP contribution in [0.25, 0.3) is 0 Å². The van der Waals surface area contributed by atoms with E-state index >= 15 is 0 Å². The van der Waals surface area contributed by atoms with Crippen molar-refractivity contribution in [1.82, 2.24) is 4.90 Å². The molecule has 0 aromatic heterocycles. The normalized spacial score (nSPS) is 15.5. The predicted molar refractivity (Wildman–Crippen MR) is 75.6 cm³/mol. The van der Waals surface area contributed by atoms with E-state index in [1.807, 2.05) is 0 Å². The lowest BCUT2D eigenvalue weighted by Gasteiger charge is -2.35. The van der Waals surface area contributed by atoms with E-state index in [4.69, 9.17) is 5.11 Å². The zero-order valence-electron chi connectivity index (χ0n) is 11.1. The molecule has 0 saturated heterocycles. The molecule has 0 bridgehead atoms. The summed E-state index contributed by atoms with van der Waals surface area (Å²) in [6.07, 6.45) is 1.37. The van der Waals surface area contributed by atoms with Crippen molar-refractivity contribution in [1.29, 1.82) is 0 Å². The maximum absolute atomic E-state index is 11.4. The van der Waals surface area contributed by atoms with Crippen LogP contribution in [-0.2, 0) is 13.9 Å². The molecule has 0 aromatic rings. The fraction of sp³-hybridized carbons (Fsp3) is 0.500. The van der Waals surface area contributed by atoms with Gasteiger partial charge in [0.25, 0.3) is 0 Å². The van der Waals surface area contributed by atoms with Gasteiger partial charge in [0, 0.05) is 13.0 Å². The molecule has 21 heavy (non-hydrogen) atoms. The molecule has 0 rings (SSSR count). The molecule has 9 nitrogen and oxygen atoms in total. The van der Waals surface area contributed by atoms with Crippen molar-refractivity contribution in [2.24, 2.45) is 0 Å². The van der Waals surface area contributed by atoms with Gasteiger partial charge in [-0.05, 0) is 6.42 Å². The first-order valence-electron chi connectivity index (χ1n) is 5.78. The zero-order chi connectivity index (χ0) is 16.8. The Morgan fingerprint density at radius 3 is 1.67 bits per heavy atom. The highest BCUT2D eigenvalue weighted by atomic mass is 31.2. The third-order valence-electron chi connectivity index (χ3n) is 2.60. The van der Waals surface area contributed by atoms with E-state index < -0.39 is 32.7 Å². The number of hydrogen-bond acceptors (Lipinski definition) is 4. The topological polar surface area (TPSA) is 156 Å². The maximum Gasteiger partial charge on any atom is 0.346 e. The molecule has 0 aromatic carbocycles. The predicted octanol–water partition coefficient (Wildman–Crippen LogP) is 0.533. The van der Waals surface area contributed by atoms with Crippen LogP contribution in [0.3, 0.4) is 0 Å². The minimum atomic E-state index is -4.76. The summed E-state index contributed by atoms with van der Waals surface area (Å²) in [5.74, 6) is -4.43. The maximum atomic E-state index is 11.4. The SMILES string of the molecule is C=CC(N(CCCC(=O)O)C(C=C)P(=O)(O)O)P(=O)(O)O. The molecular weight excluding hydrogens is 324 g/mol. The average Bonchev–Trinajstić information content (AvgIpc) is 2.25. The highest BCUT2D eigenvalue weighted by Crippen LogP contribution is 2.51. The van der Waals surface area contributed by atoms with Crippen LogP contribution in [0.15, 0.2) is 25.3 Å². The second-order valence-corrected chi connectivity index (χ2v) is 7.63. The molecule has 0 heterocycles. The number of rotatable bonds is 10. The lowest BCUT2D eigenvalue weighted by molar-refractivity contribution is -0.137. The molecule has 5 N–H and O–H groups in total. The number of carboxylic acid groups (broad SMARTS) is 1. The molecule has 0 fully saturated rings. The monoisotopic (exact) mass is 343 g/mol. The Hall–Kier alpha value is -0.790. The molecule has 0 saturated carbocycles. The van der Waals surface area contributed by atoms with Crippen molar-refractivity contribution in [3.63, 3.8) is 0 Å². The van der Waals surface area contributed by atoms with Gasteiger partial charge in [0.2, 0.25) is 0 Å². The molecule has 0 aliphatic rings. The number of aliphatic carboxylic acids is 1. The Bertz CT molecular complexity index is 447. The molecule has 122 valence electrons. The Morgan fingerprint density at radius 1 is 1.05 bits per heavy atom. The Kier molecular flexibility index (Phi) is 7.70. The summed E-state index contributed by atoms with van der Waals surface area (Å²) < 4.78 is 22.9. The van der Waals surface area contributed by atoms with Crippen molar-refractivity contribution in [2.45, 2.75) is 24.4 Å². The van der Waals surface area contributed by atoms with Gasteiger partial charge in [-0.1, -0.05) is 12.2 Å². The van der Waals surface area contributed by atoms with Crippen LogP contribution in [0.1, 0.15) is 12.8 Å². The minimum absolute atomic E-state index is 0.0516. The first-order chi connectivity index (χ1) is 9.45. The molecule has 0 aliphatic heterocycles. The summed E-state index contributed by atoms with van der Waals surface area (Å²) in [6.45, 7) is 6.25. The Morgan fingerprint density at radius 2 is 1.43 bits per heavy atom. The summed E-state index contributed by atoms with van der Waals surface area (Å²) in [7, 11) is -9.53. The van der Waals surface area contributed by atoms with Crippen LogP contribution in [0.4, 0.5) is 0 Å². The van der Waals surface area contributed by atoms with Crippen LogP contribution in [0.5, 0.6) is 0 Å². The van der Waals surface area contributed by atoms with Gasteiger partial charge in [-0.25, -0.2) is 0 Å².